The summed E-state index contributed by atoms with van der Waals surface area (Å²) < 4.78 is 24.1. The number of anilines is 1. The second kappa shape index (κ2) is 8.11. The van der Waals surface area contributed by atoms with Gasteiger partial charge in [-0.25, -0.2) is 0 Å². The van der Waals surface area contributed by atoms with Crippen molar-refractivity contribution >= 4 is 41.5 Å². The molecule has 3 N–H and O–H groups in total. The number of carbonyl (C=O) groups is 1. The molecule has 1 atom stereocenters. The molecule has 1 heterocycles. The van der Waals surface area contributed by atoms with E-state index >= 15 is 0 Å². The van der Waals surface area contributed by atoms with Crippen LogP contribution in [0.25, 0.3) is 0 Å². The van der Waals surface area contributed by atoms with E-state index < -0.39 is 14.2 Å². The van der Waals surface area contributed by atoms with Crippen molar-refractivity contribution in [3.05, 3.63) is 40.8 Å². The van der Waals surface area contributed by atoms with Crippen molar-refractivity contribution in [1.82, 2.24) is 4.98 Å². The Kier molecular flexibility index (Phi) is 6.80. The molecule has 0 aliphatic heterocycles. The number of hydrogen-bond donors (Lipinski definition) is 3. The Bertz CT molecular complexity index is 632. The first-order chi connectivity index (χ1) is 9.86. The molecule has 1 amide bonds. The summed E-state index contributed by atoms with van der Waals surface area (Å²) in [6.45, 7) is 3.25. The molecular formula is C12H15AsN2O5S. The Morgan fingerprint density at radius 3 is 2.52 bits per heavy atom. The van der Waals surface area contributed by atoms with Gasteiger partial charge < -0.3 is 0 Å². The smallest absolute Gasteiger partial charge is 0.0794 e. The summed E-state index contributed by atoms with van der Waals surface area (Å²) >= 11 is -3.30. The minimum absolute atomic E-state index is 0.103. The Morgan fingerprint density at radius 2 is 2.10 bits per heavy atom. The Morgan fingerprint density at radius 1 is 1.43 bits per heavy atom. The Balaban J connectivity index is 0.000000304. The van der Waals surface area contributed by atoms with E-state index in [0.29, 0.717) is 0 Å². The fourth-order valence-corrected chi connectivity index (χ4v) is 3.55. The SMILES string of the molecule is CC(=O)Nc1ccccc1[As](=O)(O)OO.Cc1cscn1. The van der Waals surface area contributed by atoms with Gasteiger partial charge in [-0.1, -0.05) is 0 Å². The number of nitrogens with one attached hydrogen (secondary N) is 1. The molecule has 0 aliphatic rings. The number of nitrogens with zero attached hydrogens (tertiary/aromatic N) is 1. The van der Waals surface area contributed by atoms with Gasteiger partial charge in [0.15, 0.2) is 0 Å². The molecule has 7 nitrogen and oxygen atoms in total. The zero-order valence-electron chi connectivity index (χ0n) is 11.4. The van der Waals surface area contributed by atoms with E-state index in [0.717, 1.165) is 5.69 Å². The first-order valence-electron chi connectivity index (χ1n) is 5.74. The fraction of sp³-hybridized carbons (Fsp3) is 0.167. The van der Waals surface area contributed by atoms with Gasteiger partial charge in [0, 0.05) is 11.1 Å². The van der Waals surface area contributed by atoms with Crippen molar-refractivity contribution < 1.29 is 21.8 Å². The van der Waals surface area contributed by atoms with E-state index in [1.165, 1.54) is 25.1 Å². The number of hydrogen-bond acceptors (Lipinski definition) is 6. The molecule has 1 aromatic carbocycles. The van der Waals surface area contributed by atoms with Gasteiger partial charge >= 0.3 is 88.4 Å². The average molecular weight is 374 g/mol. The molecule has 1 aromatic heterocycles. The van der Waals surface area contributed by atoms with Crippen molar-refractivity contribution in [1.29, 1.82) is 0 Å². The van der Waals surface area contributed by atoms with E-state index in [4.69, 9.17) is 5.26 Å². The third-order valence-electron chi connectivity index (χ3n) is 2.19. The standard InChI is InChI=1S/C8H10AsNO5.C4H5NS/c1-6(11)10-8-5-3-2-4-7(8)9(12,13)15-14;1-4-2-6-3-5-4/h2-5,14H,1H3,(H,10,11)(H,12,13);2-3H,1H3. The van der Waals surface area contributed by atoms with Gasteiger partial charge in [0.2, 0.25) is 0 Å². The first-order valence-corrected chi connectivity index (χ1v) is 10.00. The van der Waals surface area contributed by atoms with E-state index in [9.17, 15) is 12.6 Å². The normalized spacial score (nSPS) is 12.8. The van der Waals surface area contributed by atoms with Crippen LogP contribution in [0.4, 0.5) is 5.69 Å². The summed E-state index contributed by atoms with van der Waals surface area (Å²) in [5.74, 6) is -0.379. The molecule has 0 aliphatic carbocycles. The quantitative estimate of drug-likeness (QED) is 0.423. The van der Waals surface area contributed by atoms with Crippen LogP contribution in [-0.4, -0.2) is 34.4 Å². The predicted octanol–water partition coefficient (Wildman–Crippen LogP) is 1.15. The predicted molar refractivity (Wildman–Crippen MR) is 79.6 cm³/mol. The second-order valence-corrected chi connectivity index (χ2v) is 8.19. The van der Waals surface area contributed by atoms with Crippen LogP contribution in [0.2, 0.25) is 0 Å². The third kappa shape index (κ3) is 5.82. The summed E-state index contributed by atoms with van der Waals surface area (Å²) in [6.07, 6.45) is 0. The third-order valence-corrected chi connectivity index (χ3v) is 5.45. The van der Waals surface area contributed by atoms with Gasteiger partial charge in [-0.15, -0.1) is 11.3 Å². The average Bonchev–Trinajstić information content (AvgIpc) is 2.90. The summed E-state index contributed by atoms with van der Waals surface area (Å²) in [7, 11) is 0. The molecule has 0 fully saturated rings. The summed E-state index contributed by atoms with van der Waals surface area (Å²) in [4.78, 5) is 14.7. The second-order valence-electron chi connectivity index (χ2n) is 3.93. The molecule has 2 rings (SSSR count). The van der Waals surface area contributed by atoms with Crippen molar-refractivity contribution in [2.45, 2.75) is 13.8 Å². The van der Waals surface area contributed by atoms with E-state index in [2.05, 4.69) is 14.2 Å². The van der Waals surface area contributed by atoms with E-state index in [-0.39, 0.29) is 15.9 Å². The molecule has 0 spiro atoms. The van der Waals surface area contributed by atoms with Crippen LogP contribution in [-0.2, 0) is 12.4 Å². The molecule has 0 bridgehead atoms. The van der Waals surface area contributed by atoms with Gasteiger partial charge in [0.25, 0.3) is 0 Å². The maximum atomic E-state index is 11.4. The van der Waals surface area contributed by atoms with Crippen molar-refractivity contribution in [2.75, 3.05) is 5.32 Å². The number of benzene rings is 1. The zero-order valence-corrected chi connectivity index (χ0v) is 14.1. The van der Waals surface area contributed by atoms with Gasteiger partial charge in [-0.3, -0.25) is 4.98 Å². The van der Waals surface area contributed by atoms with Crippen LogP contribution < -0.4 is 9.67 Å². The molecule has 0 radical (unpaired) electrons. The maximum absolute atomic E-state index is 11.4. The fourth-order valence-electron chi connectivity index (χ4n) is 1.33. The largest absolute Gasteiger partial charge is 0.250 e. The zero-order chi connectivity index (χ0) is 15.9. The van der Waals surface area contributed by atoms with E-state index in [1.54, 1.807) is 17.4 Å². The monoisotopic (exact) mass is 374 g/mol. The summed E-state index contributed by atoms with van der Waals surface area (Å²) in [5, 5.41) is 12.7. The van der Waals surface area contributed by atoms with Crippen LogP contribution >= 0.6 is 11.3 Å². The Hall–Kier alpha value is -1.44. The minimum atomic E-state index is -4.92. The number of carbonyl (C=O) groups excluding carboxylic acids is 1. The van der Waals surface area contributed by atoms with Gasteiger partial charge in [0.05, 0.1) is 5.51 Å². The van der Waals surface area contributed by atoms with Crippen LogP contribution in [0.3, 0.4) is 0 Å². The maximum Gasteiger partial charge on any atom is 0.0794 e. The molecule has 114 valence electrons. The number of amides is 1. The van der Waals surface area contributed by atoms with Crippen molar-refractivity contribution in [3.8, 4) is 0 Å². The molecule has 0 saturated carbocycles. The van der Waals surface area contributed by atoms with Gasteiger partial charge in [-0.2, -0.15) is 0 Å². The molecule has 21 heavy (non-hydrogen) atoms. The van der Waals surface area contributed by atoms with Crippen molar-refractivity contribution in [2.24, 2.45) is 0 Å². The number of para-hydroxylation sites is 1. The molecular weight excluding hydrogens is 359 g/mol. The summed E-state index contributed by atoms with van der Waals surface area (Å²) in [5.41, 5.74) is 3.10. The molecule has 0 saturated heterocycles. The van der Waals surface area contributed by atoms with E-state index in [1.807, 2.05) is 17.8 Å². The minimum Gasteiger partial charge on any atom is -0.250 e. The van der Waals surface area contributed by atoms with Gasteiger partial charge in [0.1, 0.15) is 0 Å². The van der Waals surface area contributed by atoms with Crippen LogP contribution in [0.1, 0.15) is 12.6 Å². The topological polar surface area (TPSA) is 109 Å². The van der Waals surface area contributed by atoms with Gasteiger partial charge in [-0.05, 0) is 6.92 Å². The summed E-state index contributed by atoms with van der Waals surface area (Å²) in [6, 6.07) is 5.84. The molecule has 9 heteroatoms. The first kappa shape index (κ1) is 17.6. The number of rotatable bonds is 3. The molecule has 2 aromatic rings. The molecule has 1 unspecified atom stereocenters. The number of thiazole rings is 1. The Labute approximate surface area is 128 Å². The van der Waals surface area contributed by atoms with Crippen LogP contribution in [0, 0.1) is 6.92 Å². The number of aryl methyl sites for hydroxylation is 1. The van der Waals surface area contributed by atoms with Crippen LogP contribution in [0.15, 0.2) is 35.2 Å². The number of aromatic nitrogens is 1. The van der Waals surface area contributed by atoms with Crippen LogP contribution in [0.5, 0.6) is 0 Å². The van der Waals surface area contributed by atoms with Crippen molar-refractivity contribution in [3.63, 3.8) is 0 Å².